The van der Waals surface area contributed by atoms with Crippen LogP contribution in [0.25, 0.3) is 0 Å². The van der Waals surface area contributed by atoms with Gasteiger partial charge in [0.2, 0.25) is 5.88 Å². The Morgan fingerprint density at radius 2 is 1.70 bits per heavy atom. The molecule has 3 aliphatic rings. The summed E-state index contributed by atoms with van der Waals surface area (Å²) in [7, 11) is 0. The van der Waals surface area contributed by atoms with Gasteiger partial charge in [0.05, 0.1) is 11.8 Å². The van der Waals surface area contributed by atoms with Crippen molar-refractivity contribution in [3.63, 3.8) is 0 Å². The Kier molecular flexibility index (Phi) is 9.69. The summed E-state index contributed by atoms with van der Waals surface area (Å²) < 4.78 is 11.6. The molecule has 3 aromatic rings. The molecule has 0 bridgehead atoms. The van der Waals surface area contributed by atoms with Gasteiger partial charge in [-0.3, -0.25) is 9.69 Å². The van der Waals surface area contributed by atoms with Crippen LogP contribution < -0.4 is 4.74 Å². The SMILES string of the molecule is Cc1nc(Oc2ccc(SCC(=O)O)cc2)ccc1CN1CCC(N2C(=O)N(C3CCOCC3)C[C@H]2c2ccccc2)CC1. The van der Waals surface area contributed by atoms with Crippen LogP contribution in [-0.4, -0.2) is 87.5 Å². The summed E-state index contributed by atoms with van der Waals surface area (Å²) in [6.45, 7) is 6.89. The van der Waals surface area contributed by atoms with Crippen molar-refractivity contribution in [2.75, 3.05) is 38.6 Å². The van der Waals surface area contributed by atoms with E-state index in [1.807, 2.05) is 43.3 Å². The molecule has 1 atom stereocenters. The highest BCUT2D eigenvalue weighted by molar-refractivity contribution is 8.00. The average Bonchev–Trinajstić information content (AvgIpc) is 3.40. The second-order valence-corrected chi connectivity index (χ2v) is 12.8. The van der Waals surface area contributed by atoms with Gasteiger partial charge in [0.1, 0.15) is 5.75 Å². The molecule has 232 valence electrons. The molecule has 0 radical (unpaired) electrons. The van der Waals surface area contributed by atoms with Crippen molar-refractivity contribution in [3.8, 4) is 11.6 Å². The average molecular weight is 617 g/mol. The van der Waals surface area contributed by atoms with Crippen molar-refractivity contribution < 1.29 is 24.2 Å². The number of pyridine rings is 1. The minimum atomic E-state index is -0.838. The van der Waals surface area contributed by atoms with E-state index < -0.39 is 5.97 Å². The molecule has 9 nitrogen and oxygen atoms in total. The summed E-state index contributed by atoms with van der Waals surface area (Å²) in [5.74, 6) is 0.381. The Balaban J connectivity index is 1.06. The van der Waals surface area contributed by atoms with E-state index in [2.05, 4.69) is 45.0 Å². The highest BCUT2D eigenvalue weighted by Gasteiger charge is 2.45. The largest absolute Gasteiger partial charge is 0.481 e. The number of thioether (sulfide) groups is 1. The number of likely N-dealkylation sites (tertiary alicyclic amines) is 1. The van der Waals surface area contributed by atoms with Crippen molar-refractivity contribution in [2.24, 2.45) is 0 Å². The Hall–Kier alpha value is -3.60. The lowest BCUT2D eigenvalue weighted by Gasteiger charge is -2.39. The first-order valence-corrected chi connectivity index (χ1v) is 16.5. The van der Waals surface area contributed by atoms with E-state index in [1.54, 1.807) is 0 Å². The summed E-state index contributed by atoms with van der Waals surface area (Å²) >= 11 is 1.28. The van der Waals surface area contributed by atoms with Gasteiger partial charge in [-0.25, -0.2) is 9.78 Å². The van der Waals surface area contributed by atoms with Gasteiger partial charge in [0.25, 0.3) is 0 Å². The van der Waals surface area contributed by atoms with Gasteiger partial charge in [-0.1, -0.05) is 36.4 Å². The van der Waals surface area contributed by atoms with Gasteiger partial charge in [-0.05, 0) is 68.0 Å². The van der Waals surface area contributed by atoms with Crippen LogP contribution in [-0.2, 0) is 16.1 Å². The highest BCUT2D eigenvalue weighted by Crippen LogP contribution is 2.37. The van der Waals surface area contributed by atoms with Crippen molar-refractivity contribution >= 4 is 23.8 Å². The highest BCUT2D eigenvalue weighted by atomic mass is 32.2. The fraction of sp³-hybridized carbons (Fsp3) is 0.441. The second-order valence-electron chi connectivity index (χ2n) is 11.8. The minimum absolute atomic E-state index is 0.0277. The maximum Gasteiger partial charge on any atom is 0.321 e. The number of carboxylic acids is 1. The lowest BCUT2D eigenvalue weighted by molar-refractivity contribution is -0.133. The predicted molar refractivity (Wildman–Crippen MR) is 169 cm³/mol. The van der Waals surface area contributed by atoms with Crippen LogP contribution in [0.2, 0.25) is 0 Å². The number of benzene rings is 2. The van der Waals surface area contributed by atoms with E-state index >= 15 is 0 Å². The zero-order valence-electron chi connectivity index (χ0n) is 25.1. The van der Waals surface area contributed by atoms with Crippen molar-refractivity contribution in [1.29, 1.82) is 0 Å². The van der Waals surface area contributed by atoms with Crippen LogP contribution in [0, 0.1) is 6.92 Å². The Morgan fingerprint density at radius 1 is 0.977 bits per heavy atom. The van der Waals surface area contributed by atoms with Crippen molar-refractivity contribution in [1.82, 2.24) is 19.7 Å². The van der Waals surface area contributed by atoms with E-state index in [4.69, 9.17) is 19.6 Å². The van der Waals surface area contributed by atoms with Crippen molar-refractivity contribution in [3.05, 3.63) is 83.6 Å². The minimum Gasteiger partial charge on any atom is -0.481 e. The van der Waals surface area contributed by atoms with Crippen LogP contribution in [0.15, 0.2) is 71.6 Å². The quantitative estimate of drug-likeness (QED) is 0.278. The summed E-state index contributed by atoms with van der Waals surface area (Å²) in [6, 6.07) is 22.6. The molecule has 2 aromatic carbocycles. The normalized spacial score (nSPS) is 20.3. The number of carboxylic acid groups (broad SMARTS) is 1. The van der Waals surface area contributed by atoms with Crippen molar-refractivity contribution in [2.45, 2.75) is 62.2 Å². The summed E-state index contributed by atoms with van der Waals surface area (Å²) in [5.41, 5.74) is 3.32. The first-order chi connectivity index (χ1) is 21.4. The Bertz CT molecular complexity index is 1430. The molecule has 4 heterocycles. The Morgan fingerprint density at radius 3 is 2.39 bits per heavy atom. The lowest BCUT2D eigenvalue weighted by atomic mass is 9.98. The number of aromatic nitrogens is 1. The first kappa shape index (κ1) is 30.4. The molecule has 3 aliphatic heterocycles. The van der Waals surface area contributed by atoms with Crippen LogP contribution >= 0.6 is 11.8 Å². The number of hydrogen-bond donors (Lipinski definition) is 1. The van der Waals surface area contributed by atoms with Crippen LogP contribution in [0.1, 0.15) is 48.5 Å². The Labute approximate surface area is 263 Å². The third kappa shape index (κ3) is 7.20. The number of nitrogens with zero attached hydrogens (tertiary/aromatic N) is 4. The number of piperidine rings is 1. The summed E-state index contributed by atoms with van der Waals surface area (Å²) in [6.07, 6.45) is 3.73. The van der Waals surface area contributed by atoms with Crippen LogP contribution in [0.3, 0.4) is 0 Å². The molecule has 0 unspecified atom stereocenters. The van der Waals surface area contributed by atoms with E-state index in [0.717, 1.165) is 75.7 Å². The number of ether oxygens (including phenoxy) is 2. The predicted octanol–water partition coefficient (Wildman–Crippen LogP) is 5.98. The molecule has 1 aromatic heterocycles. The number of amides is 2. The fourth-order valence-corrected chi connectivity index (χ4v) is 7.16. The topological polar surface area (TPSA) is 95.4 Å². The molecule has 0 aliphatic carbocycles. The monoisotopic (exact) mass is 616 g/mol. The number of aliphatic carboxylic acids is 1. The van der Waals surface area contributed by atoms with Gasteiger partial charge >= 0.3 is 12.0 Å². The molecular formula is C34H40N4O5S. The van der Waals surface area contributed by atoms with Gasteiger partial charge in [0, 0.05) is 68.1 Å². The van der Waals surface area contributed by atoms with E-state index in [0.29, 0.717) is 11.6 Å². The number of hydrogen-bond acceptors (Lipinski definition) is 7. The zero-order valence-corrected chi connectivity index (χ0v) is 26.0. The molecular weight excluding hydrogens is 576 g/mol. The number of carbonyl (C=O) groups is 2. The van der Waals surface area contributed by atoms with Gasteiger partial charge in [-0.15, -0.1) is 11.8 Å². The zero-order chi connectivity index (χ0) is 30.5. The number of carbonyl (C=O) groups excluding carboxylic acids is 1. The summed E-state index contributed by atoms with van der Waals surface area (Å²) in [5, 5.41) is 8.87. The summed E-state index contributed by atoms with van der Waals surface area (Å²) in [4.78, 5) is 37.0. The molecule has 44 heavy (non-hydrogen) atoms. The van der Waals surface area contributed by atoms with E-state index in [9.17, 15) is 9.59 Å². The number of aryl methyl sites for hydroxylation is 1. The van der Waals surface area contributed by atoms with E-state index in [-0.39, 0.29) is 29.9 Å². The smallest absolute Gasteiger partial charge is 0.321 e. The van der Waals surface area contributed by atoms with Gasteiger partial charge in [0.15, 0.2) is 0 Å². The van der Waals surface area contributed by atoms with Gasteiger partial charge in [-0.2, -0.15) is 0 Å². The molecule has 3 saturated heterocycles. The molecule has 10 heteroatoms. The molecule has 0 saturated carbocycles. The maximum atomic E-state index is 13.9. The van der Waals surface area contributed by atoms with Gasteiger partial charge < -0.3 is 24.4 Å². The fourth-order valence-electron chi connectivity index (χ4n) is 6.54. The van der Waals surface area contributed by atoms with Crippen LogP contribution in [0.5, 0.6) is 11.6 Å². The third-order valence-corrected chi connectivity index (χ3v) is 9.91. The molecule has 6 rings (SSSR count). The second kappa shape index (κ2) is 14.0. The lowest BCUT2D eigenvalue weighted by Crippen LogP contribution is -2.48. The molecule has 1 N–H and O–H groups in total. The molecule has 2 amide bonds. The van der Waals surface area contributed by atoms with E-state index in [1.165, 1.54) is 22.9 Å². The first-order valence-electron chi connectivity index (χ1n) is 15.5. The number of urea groups is 1. The third-order valence-electron chi connectivity index (χ3n) is 8.91. The molecule has 0 spiro atoms. The maximum absolute atomic E-state index is 13.9. The number of rotatable bonds is 10. The molecule has 3 fully saturated rings. The standard InChI is InChI=1S/C34H40N4O5S/c1-24-26(7-12-32(35-24)43-29-8-10-30(11-9-29)44-23-33(39)40)21-36-17-13-28(14-18-36)38-31(25-5-3-2-4-6-25)22-37(34(38)41)27-15-19-42-20-16-27/h2-12,27-28,31H,13-23H2,1H3,(H,39,40)/t31-/m0/s1. The van der Waals surface area contributed by atoms with Crippen LogP contribution in [0.4, 0.5) is 4.79 Å².